The highest BCUT2D eigenvalue weighted by atomic mass is 16.5. The zero-order valence-electron chi connectivity index (χ0n) is 13.5. The topological polar surface area (TPSA) is 50.6 Å². The number of Topliss-reactive ketones (excluding diaryl/α,β-unsaturated/α-hetero) is 1. The minimum Gasteiger partial charge on any atom is -0.493 e. The van der Waals surface area contributed by atoms with Gasteiger partial charge in [-0.05, 0) is 40.0 Å². The molecule has 0 N–H and O–H groups in total. The van der Waals surface area contributed by atoms with Gasteiger partial charge in [-0.3, -0.25) is 14.4 Å². The minimum atomic E-state index is -0.140. The third-order valence-electron chi connectivity index (χ3n) is 4.06. The van der Waals surface area contributed by atoms with Crippen LogP contribution in [0.5, 0.6) is 5.75 Å². The molecule has 1 unspecified atom stereocenters. The molecule has 1 atom stereocenters. The van der Waals surface area contributed by atoms with Crippen LogP contribution in [0.2, 0.25) is 0 Å². The fraction of sp³-hybridized carbons (Fsp3) is 0.733. The molecular formula is C15H26N4O2. The summed E-state index contributed by atoms with van der Waals surface area (Å²) in [5.74, 6) is 0.683. The van der Waals surface area contributed by atoms with Crippen LogP contribution in [0.25, 0.3) is 0 Å². The number of ether oxygens (including phenoxy) is 1. The molecule has 1 aliphatic heterocycles. The standard InChI is InChI=1S/C15H26N4O2/c1-5-7-19-14(13(21-4)10-16-19)15(20)12-11-17(2)8-6-9-18(12)3/h10,12H,5-9,11H2,1-4H3. The molecular weight excluding hydrogens is 268 g/mol. The van der Waals surface area contributed by atoms with Crippen LogP contribution in [0.1, 0.15) is 30.3 Å². The minimum absolute atomic E-state index is 0.106. The van der Waals surface area contributed by atoms with Crippen molar-refractivity contribution in [2.75, 3.05) is 40.8 Å². The molecule has 1 aliphatic rings. The Morgan fingerprint density at radius 1 is 1.43 bits per heavy atom. The lowest BCUT2D eigenvalue weighted by atomic mass is 10.1. The second-order valence-corrected chi connectivity index (χ2v) is 5.76. The van der Waals surface area contributed by atoms with E-state index in [9.17, 15) is 4.79 Å². The Morgan fingerprint density at radius 2 is 2.19 bits per heavy atom. The summed E-state index contributed by atoms with van der Waals surface area (Å²) in [4.78, 5) is 17.4. The van der Waals surface area contributed by atoms with E-state index in [1.807, 2.05) is 7.05 Å². The molecule has 2 rings (SSSR count). The molecule has 0 spiro atoms. The zero-order valence-corrected chi connectivity index (χ0v) is 13.5. The average molecular weight is 294 g/mol. The molecule has 21 heavy (non-hydrogen) atoms. The molecule has 0 aliphatic carbocycles. The van der Waals surface area contributed by atoms with Crippen molar-refractivity contribution >= 4 is 5.78 Å². The highest BCUT2D eigenvalue weighted by Gasteiger charge is 2.32. The lowest BCUT2D eigenvalue weighted by Crippen LogP contribution is -2.44. The fourth-order valence-corrected chi connectivity index (χ4v) is 2.86. The van der Waals surface area contributed by atoms with Gasteiger partial charge in [0.2, 0.25) is 5.78 Å². The van der Waals surface area contributed by atoms with Crippen molar-refractivity contribution in [2.45, 2.75) is 32.4 Å². The van der Waals surface area contributed by atoms with Gasteiger partial charge in [0.15, 0.2) is 5.75 Å². The number of aryl methyl sites for hydroxylation is 1. The Hall–Kier alpha value is -1.40. The highest BCUT2D eigenvalue weighted by Crippen LogP contribution is 2.22. The molecule has 1 fully saturated rings. The van der Waals surface area contributed by atoms with Crippen molar-refractivity contribution in [1.82, 2.24) is 19.6 Å². The first-order valence-corrected chi connectivity index (χ1v) is 7.61. The normalized spacial score (nSPS) is 21.2. The highest BCUT2D eigenvalue weighted by molar-refractivity contribution is 6.01. The molecule has 0 bridgehead atoms. The molecule has 1 aromatic heterocycles. The Morgan fingerprint density at radius 3 is 2.86 bits per heavy atom. The quantitative estimate of drug-likeness (QED) is 0.762. The van der Waals surface area contributed by atoms with Gasteiger partial charge in [-0.25, -0.2) is 0 Å². The first-order valence-electron chi connectivity index (χ1n) is 7.61. The number of methoxy groups -OCH3 is 1. The van der Waals surface area contributed by atoms with Gasteiger partial charge in [-0.15, -0.1) is 0 Å². The van der Waals surface area contributed by atoms with Gasteiger partial charge in [0.1, 0.15) is 5.69 Å². The number of ketones is 1. The summed E-state index contributed by atoms with van der Waals surface area (Å²) in [6.45, 7) is 5.52. The van der Waals surface area contributed by atoms with E-state index >= 15 is 0 Å². The van der Waals surface area contributed by atoms with Gasteiger partial charge in [0.25, 0.3) is 0 Å². The molecule has 6 heteroatoms. The summed E-state index contributed by atoms with van der Waals surface area (Å²) in [7, 11) is 5.68. The second kappa shape index (κ2) is 7.04. The van der Waals surface area contributed by atoms with Gasteiger partial charge in [0.05, 0.1) is 19.3 Å². The summed E-state index contributed by atoms with van der Waals surface area (Å²) in [6, 6.07) is -0.140. The molecule has 2 heterocycles. The number of nitrogens with zero attached hydrogens (tertiary/aromatic N) is 4. The third-order valence-corrected chi connectivity index (χ3v) is 4.06. The molecule has 118 valence electrons. The predicted octanol–water partition coefficient (Wildman–Crippen LogP) is 1.12. The van der Waals surface area contributed by atoms with Gasteiger partial charge in [-0.2, -0.15) is 5.10 Å². The monoisotopic (exact) mass is 294 g/mol. The van der Waals surface area contributed by atoms with E-state index in [2.05, 4.69) is 28.9 Å². The maximum absolute atomic E-state index is 13.0. The zero-order chi connectivity index (χ0) is 15.4. The maximum Gasteiger partial charge on any atom is 0.203 e. The summed E-state index contributed by atoms with van der Waals surface area (Å²) < 4.78 is 7.12. The van der Waals surface area contributed by atoms with Crippen molar-refractivity contribution in [3.8, 4) is 5.75 Å². The Labute approximate surface area is 126 Å². The summed E-state index contributed by atoms with van der Waals surface area (Å²) in [5, 5.41) is 4.30. The van der Waals surface area contributed by atoms with E-state index in [1.54, 1.807) is 18.0 Å². The van der Waals surface area contributed by atoms with E-state index in [1.165, 1.54) is 0 Å². The van der Waals surface area contributed by atoms with Crippen LogP contribution >= 0.6 is 0 Å². The summed E-state index contributed by atoms with van der Waals surface area (Å²) >= 11 is 0. The van der Waals surface area contributed by atoms with Crippen LogP contribution in [0, 0.1) is 0 Å². The SMILES string of the molecule is CCCn1ncc(OC)c1C(=O)C1CN(C)CCCN1C. The predicted molar refractivity (Wildman–Crippen MR) is 81.9 cm³/mol. The van der Waals surface area contributed by atoms with E-state index in [0.717, 1.165) is 39.0 Å². The smallest absolute Gasteiger partial charge is 0.203 e. The molecule has 0 saturated carbocycles. The van der Waals surface area contributed by atoms with Crippen LogP contribution in [0.4, 0.5) is 0 Å². The molecule has 6 nitrogen and oxygen atoms in total. The molecule has 1 saturated heterocycles. The van der Waals surface area contributed by atoms with Crippen molar-refractivity contribution in [3.05, 3.63) is 11.9 Å². The first kappa shape index (κ1) is 16.0. The fourth-order valence-electron chi connectivity index (χ4n) is 2.86. The number of hydrogen-bond acceptors (Lipinski definition) is 5. The molecule has 1 aromatic rings. The van der Waals surface area contributed by atoms with E-state index in [0.29, 0.717) is 11.4 Å². The third kappa shape index (κ3) is 3.44. The lowest BCUT2D eigenvalue weighted by Gasteiger charge is -2.26. The van der Waals surface area contributed by atoms with Gasteiger partial charge in [-0.1, -0.05) is 6.92 Å². The lowest BCUT2D eigenvalue weighted by molar-refractivity contribution is 0.0824. The van der Waals surface area contributed by atoms with E-state index in [4.69, 9.17) is 4.74 Å². The van der Waals surface area contributed by atoms with Crippen LogP contribution in [0.15, 0.2) is 6.20 Å². The summed E-state index contributed by atoms with van der Waals surface area (Å²) in [6.07, 6.45) is 3.66. The Balaban J connectivity index is 2.31. The number of carbonyl (C=O) groups is 1. The largest absolute Gasteiger partial charge is 0.493 e. The molecule has 0 radical (unpaired) electrons. The Bertz CT molecular complexity index is 486. The maximum atomic E-state index is 13.0. The number of hydrogen-bond donors (Lipinski definition) is 0. The Kier molecular flexibility index (Phi) is 5.36. The van der Waals surface area contributed by atoms with Crippen molar-refractivity contribution in [3.63, 3.8) is 0 Å². The van der Waals surface area contributed by atoms with Crippen LogP contribution < -0.4 is 4.74 Å². The number of rotatable bonds is 5. The van der Waals surface area contributed by atoms with E-state index in [-0.39, 0.29) is 11.8 Å². The van der Waals surface area contributed by atoms with Crippen LogP contribution in [-0.2, 0) is 6.54 Å². The molecule has 0 aromatic carbocycles. The van der Waals surface area contributed by atoms with Crippen molar-refractivity contribution < 1.29 is 9.53 Å². The summed E-state index contributed by atoms with van der Waals surface area (Å²) in [5.41, 5.74) is 0.603. The average Bonchev–Trinajstić information content (AvgIpc) is 2.78. The van der Waals surface area contributed by atoms with Gasteiger partial charge >= 0.3 is 0 Å². The number of carbonyl (C=O) groups excluding carboxylic acids is 1. The first-order chi connectivity index (χ1) is 10.1. The van der Waals surface area contributed by atoms with Gasteiger partial charge in [0, 0.05) is 13.1 Å². The second-order valence-electron chi connectivity index (χ2n) is 5.76. The van der Waals surface area contributed by atoms with E-state index < -0.39 is 0 Å². The van der Waals surface area contributed by atoms with Crippen LogP contribution in [-0.4, -0.2) is 72.2 Å². The number of likely N-dealkylation sites (N-methyl/N-ethyl adjacent to an activating group) is 2. The van der Waals surface area contributed by atoms with Crippen LogP contribution in [0.3, 0.4) is 0 Å². The van der Waals surface area contributed by atoms with Crippen molar-refractivity contribution in [2.24, 2.45) is 0 Å². The number of aromatic nitrogens is 2. The molecule has 0 amide bonds. The van der Waals surface area contributed by atoms with Gasteiger partial charge < -0.3 is 9.64 Å². The van der Waals surface area contributed by atoms with Crippen molar-refractivity contribution in [1.29, 1.82) is 0 Å².